The molecule has 0 aliphatic carbocycles. The zero-order valence-electron chi connectivity index (χ0n) is 13.4. The molecule has 3 rings (SSSR count). The first-order valence-electron chi connectivity index (χ1n) is 8.24. The van der Waals surface area contributed by atoms with E-state index in [2.05, 4.69) is 66.3 Å². The molecule has 0 radical (unpaired) electrons. The second-order valence-corrected chi connectivity index (χ2v) is 7.91. The summed E-state index contributed by atoms with van der Waals surface area (Å²) in [5.41, 5.74) is 2.31. The third-order valence-corrected chi connectivity index (χ3v) is 5.42. The van der Waals surface area contributed by atoms with Gasteiger partial charge in [0, 0.05) is 22.0 Å². The van der Waals surface area contributed by atoms with E-state index in [0.717, 1.165) is 33.2 Å². The number of nitrogens with one attached hydrogen (secondary N) is 2. The van der Waals surface area contributed by atoms with E-state index < -0.39 is 0 Å². The number of likely N-dealkylation sites (tertiary alicyclic amines) is 1. The Morgan fingerprint density at radius 1 is 0.833 bits per heavy atom. The standard InChI is InChI=1S/C19H21Br2N3/c20-16-8-4-14(5-9-16)18(15-6-10-17(21)11-7-15)23-19(22)24-12-2-1-3-13-24/h4-11,18H,1-3,12-13H2,(H2,22,23). The number of rotatable bonds is 3. The molecule has 0 atom stereocenters. The van der Waals surface area contributed by atoms with Gasteiger partial charge >= 0.3 is 0 Å². The van der Waals surface area contributed by atoms with Gasteiger partial charge in [-0.1, -0.05) is 56.1 Å². The second kappa shape index (κ2) is 8.17. The third kappa shape index (κ3) is 4.39. The zero-order chi connectivity index (χ0) is 16.9. The van der Waals surface area contributed by atoms with Crippen molar-refractivity contribution in [3.8, 4) is 0 Å². The fraction of sp³-hybridized carbons (Fsp3) is 0.316. The summed E-state index contributed by atoms with van der Waals surface area (Å²) in [6.45, 7) is 1.94. The fourth-order valence-electron chi connectivity index (χ4n) is 3.02. The number of piperidine rings is 1. The van der Waals surface area contributed by atoms with Crippen molar-refractivity contribution in [1.82, 2.24) is 10.2 Å². The first-order valence-corrected chi connectivity index (χ1v) is 9.83. The molecule has 3 nitrogen and oxygen atoms in total. The number of guanidine groups is 1. The quantitative estimate of drug-likeness (QED) is 0.491. The molecule has 5 heteroatoms. The van der Waals surface area contributed by atoms with Crippen LogP contribution in [0.5, 0.6) is 0 Å². The Bertz CT molecular complexity index is 631. The number of halogens is 2. The molecular formula is C19H21Br2N3. The van der Waals surface area contributed by atoms with E-state index in [4.69, 9.17) is 5.41 Å². The van der Waals surface area contributed by atoms with Crippen molar-refractivity contribution in [3.05, 3.63) is 68.6 Å². The predicted octanol–water partition coefficient (Wildman–Crippen LogP) is 5.31. The van der Waals surface area contributed by atoms with Crippen LogP contribution in [0.25, 0.3) is 0 Å². The molecule has 1 aliphatic heterocycles. The van der Waals surface area contributed by atoms with Crippen LogP contribution in [0.3, 0.4) is 0 Å². The molecule has 0 aromatic heterocycles. The predicted molar refractivity (Wildman–Crippen MR) is 106 cm³/mol. The lowest BCUT2D eigenvalue weighted by Crippen LogP contribution is -2.44. The van der Waals surface area contributed by atoms with Crippen molar-refractivity contribution >= 4 is 37.8 Å². The van der Waals surface area contributed by atoms with Crippen LogP contribution >= 0.6 is 31.9 Å². The van der Waals surface area contributed by atoms with Crippen LogP contribution in [0.4, 0.5) is 0 Å². The van der Waals surface area contributed by atoms with E-state index in [1.165, 1.54) is 19.3 Å². The summed E-state index contributed by atoms with van der Waals surface area (Å²) in [4.78, 5) is 2.15. The van der Waals surface area contributed by atoms with Crippen molar-refractivity contribution in [2.75, 3.05) is 13.1 Å². The highest BCUT2D eigenvalue weighted by Crippen LogP contribution is 2.25. The minimum absolute atomic E-state index is 0.0272. The van der Waals surface area contributed by atoms with E-state index in [1.54, 1.807) is 0 Å². The summed E-state index contributed by atoms with van der Waals surface area (Å²) >= 11 is 6.99. The van der Waals surface area contributed by atoms with Gasteiger partial charge in [0.05, 0.1) is 6.04 Å². The molecular weight excluding hydrogens is 430 g/mol. The van der Waals surface area contributed by atoms with Crippen molar-refractivity contribution in [1.29, 1.82) is 5.41 Å². The van der Waals surface area contributed by atoms with Gasteiger partial charge in [-0.15, -0.1) is 0 Å². The maximum atomic E-state index is 8.49. The van der Waals surface area contributed by atoms with Gasteiger partial charge in [0.15, 0.2) is 5.96 Å². The Balaban J connectivity index is 1.85. The molecule has 1 saturated heterocycles. The van der Waals surface area contributed by atoms with E-state index in [0.29, 0.717) is 5.96 Å². The van der Waals surface area contributed by atoms with Gasteiger partial charge in [-0.05, 0) is 54.7 Å². The van der Waals surface area contributed by atoms with E-state index in [1.807, 2.05) is 24.3 Å². The molecule has 126 valence electrons. The first-order chi connectivity index (χ1) is 11.6. The largest absolute Gasteiger partial charge is 0.345 e. The van der Waals surface area contributed by atoms with Crippen molar-refractivity contribution < 1.29 is 0 Å². The van der Waals surface area contributed by atoms with Gasteiger partial charge in [0.25, 0.3) is 0 Å². The van der Waals surface area contributed by atoms with Gasteiger partial charge in [-0.25, -0.2) is 0 Å². The molecule has 1 heterocycles. The topological polar surface area (TPSA) is 39.1 Å². The highest BCUT2D eigenvalue weighted by Gasteiger charge is 2.19. The average Bonchev–Trinajstić information content (AvgIpc) is 2.62. The highest BCUT2D eigenvalue weighted by molar-refractivity contribution is 9.10. The number of benzene rings is 2. The number of hydrogen-bond donors (Lipinski definition) is 2. The molecule has 0 spiro atoms. The monoisotopic (exact) mass is 449 g/mol. The Hall–Kier alpha value is -1.33. The number of hydrogen-bond acceptors (Lipinski definition) is 1. The Morgan fingerprint density at radius 3 is 1.75 bits per heavy atom. The van der Waals surface area contributed by atoms with Gasteiger partial charge in [-0.3, -0.25) is 5.41 Å². The summed E-state index contributed by atoms with van der Waals surface area (Å²) in [6, 6.07) is 16.6. The smallest absolute Gasteiger partial charge is 0.191 e. The summed E-state index contributed by atoms with van der Waals surface area (Å²) in [6.07, 6.45) is 3.61. The summed E-state index contributed by atoms with van der Waals surface area (Å²) in [5.74, 6) is 0.519. The third-order valence-electron chi connectivity index (χ3n) is 4.36. The Morgan fingerprint density at radius 2 is 1.29 bits per heavy atom. The lowest BCUT2D eigenvalue weighted by molar-refractivity contribution is 0.328. The fourth-order valence-corrected chi connectivity index (χ4v) is 3.54. The minimum Gasteiger partial charge on any atom is -0.345 e. The van der Waals surface area contributed by atoms with Gasteiger partial charge < -0.3 is 10.2 Å². The van der Waals surface area contributed by atoms with Crippen LogP contribution in [-0.2, 0) is 0 Å². The Labute approximate surface area is 160 Å². The van der Waals surface area contributed by atoms with Crippen LogP contribution in [0.1, 0.15) is 36.4 Å². The van der Waals surface area contributed by atoms with Gasteiger partial charge in [-0.2, -0.15) is 0 Å². The molecule has 0 bridgehead atoms. The molecule has 0 saturated carbocycles. The van der Waals surface area contributed by atoms with Crippen molar-refractivity contribution in [2.45, 2.75) is 25.3 Å². The molecule has 2 N–H and O–H groups in total. The van der Waals surface area contributed by atoms with Crippen LogP contribution in [-0.4, -0.2) is 23.9 Å². The molecule has 1 fully saturated rings. The van der Waals surface area contributed by atoms with Crippen molar-refractivity contribution in [3.63, 3.8) is 0 Å². The molecule has 2 aromatic carbocycles. The first kappa shape index (κ1) is 17.5. The van der Waals surface area contributed by atoms with Gasteiger partial charge in [0.1, 0.15) is 0 Å². The normalized spacial score (nSPS) is 14.7. The summed E-state index contributed by atoms with van der Waals surface area (Å²) in [5, 5.41) is 11.9. The molecule has 0 amide bonds. The van der Waals surface area contributed by atoms with Crippen molar-refractivity contribution in [2.24, 2.45) is 0 Å². The van der Waals surface area contributed by atoms with Crippen LogP contribution < -0.4 is 5.32 Å². The minimum atomic E-state index is -0.0272. The molecule has 2 aromatic rings. The summed E-state index contributed by atoms with van der Waals surface area (Å²) in [7, 11) is 0. The Kier molecular flexibility index (Phi) is 5.95. The van der Waals surface area contributed by atoms with Gasteiger partial charge in [0.2, 0.25) is 0 Å². The summed E-state index contributed by atoms with van der Waals surface area (Å²) < 4.78 is 2.12. The SMILES string of the molecule is N=C(NC(c1ccc(Br)cc1)c1ccc(Br)cc1)N1CCCCC1. The van der Waals surface area contributed by atoms with E-state index in [9.17, 15) is 0 Å². The maximum Gasteiger partial charge on any atom is 0.191 e. The van der Waals surface area contributed by atoms with Crippen LogP contribution in [0, 0.1) is 5.41 Å². The molecule has 1 aliphatic rings. The van der Waals surface area contributed by atoms with E-state index >= 15 is 0 Å². The van der Waals surface area contributed by atoms with Crippen LogP contribution in [0.2, 0.25) is 0 Å². The van der Waals surface area contributed by atoms with E-state index in [-0.39, 0.29) is 6.04 Å². The average molecular weight is 451 g/mol. The maximum absolute atomic E-state index is 8.49. The lowest BCUT2D eigenvalue weighted by Gasteiger charge is -2.32. The molecule has 0 unspecified atom stereocenters. The zero-order valence-corrected chi connectivity index (χ0v) is 16.6. The molecule has 24 heavy (non-hydrogen) atoms. The second-order valence-electron chi connectivity index (χ2n) is 6.08. The number of nitrogens with zero attached hydrogens (tertiary/aromatic N) is 1. The van der Waals surface area contributed by atoms with Crippen LogP contribution in [0.15, 0.2) is 57.5 Å². The highest BCUT2D eigenvalue weighted by atomic mass is 79.9. The lowest BCUT2D eigenvalue weighted by atomic mass is 9.99.